The Labute approximate surface area is 125 Å². The van der Waals surface area contributed by atoms with Gasteiger partial charge in [0.1, 0.15) is 12.6 Å². The molecule has 1 atom stereocenters. The molecule has 23 heavy (non-hydrogen) atoms. The predicted molar refractivity (Wildman–Crippen MR) is 60.2 cm³/mol. The van der Waals surface area contributed by atoms with Crippen LogP contribution in [0.15, 0.2) is 12.7 Å². The van der Waals surface area contributed by atoms with Gasteiger partial charge in [-0.2, -0.15) is 43.5 Å². The quantitative estimate of drug-likeness (QED) is 0.316. The third kappa shape index (κ3) is 4.54. The highest BCUT2D eigenvalue weighted by Crippen LogP contribution is 2.49. The van der Waals surface area contributed by atoms with E-state index in [9.17, 15) is 43.9 Å². The van der Waals surface area contributed by atoms with E-state index in [2.05, 4.69) is 11.3 Å². The van der Waals surface area contributed by atoms with Crippen molar-refractivity contribution >= 4 is 16.3 Å². The largest absolute Gasteiger partial charge is 0.461 e. The van der Waals surface area contributed by atoms with Gasteiger partial charge in [0.25, 0.3) is 0 Å². The van der Waals surface area contributed by atoms with Gasteiger partial charge < -0.3 is 4.74 Å². The fourth-order valence-corrected chi connectivity index (χ4v) is 1.73. The summed E-state index contributed by atoms with van der Waals surface area (Å²) >= 11 is 0. The first-order chi connectivity index (χ1) is 10.00. The molecule has 0 fully saturated rings. The average Bonchev–Trinajstić information content (AvgIpc) is 2.35. The Balaban J connectivity index is 5.92. The average molecular weight is 377 g/mol. The van der Waals surface area contributed by atoms with E-state index >= 15 is 0 Å². The fraction of sp³-hybridized carbons (Fsp3) is 0.667. The summed E-state index contributed by atoms with van der Waals surface area (Å²) in [6, 6.07) is -3.54. The zero-order valence-corrected chi connectivity index (χ0v) is 12.0. The summed E-state index contributed by atoms with van der Waals surface area (Å²) < 4.78 is 123. The van der Waals surface area contributed by atoms with Gasteiger partial charge in [-0.15, -0.1) is 0 Å². The van der Waals surface area contributed by atoms with Crippen molar-refractivity contribution in [3.63, 3.8) is 0 Å². The Hall–Kier alpha value is -1.41. The van der Waals surface area contributed by atoms with Crippen molar-refractivity contribution in [3.8, 4) is 0 Å². The summed E-state index contributed by atoms with van der Waals surface area (Å²) in [4.78, 5) is 10.7. The Morgan fingerprint density at radius 2 is 1.70 bits per heavy atom. The van der Waals surface area contributed by atoms with E-state index in [0.29, 0.717) is 6.08 Å². The lowest BCUT2D eigenvalue weighted by atomic mass is 10.0. The molecule has 0 aromatic heterocycles. The minimum atomic E-state index is -6.74. The van der Waals surface area contributed by atoms with Crippen LogP contribution < -0.4 is 0 Å². The number of halogens is 7. The van der Waals surface area contributed by atoms with E-state index in [-0.39, 0.29) is 7.05 Å². The molecule has 14 heteroatoms. The highest BCUT2D eigenvalue weighted by atomic mass is 32.2. The number of likely N-dealkylation sites (N-methyl/N-ethyl adjacent to an activating group) is 1. The van der Waals surface area contributed by atoms with Crippen LogP contribution in [0.25, 0.3) is 0 Å². The Morgan fingerprint density at radius 1 is 1.26 bits per heavy atom. The molecule has 0 rings (SSSR count). The molecule has 0 aliphatic rings. The van der Waals surface area contributed by atoms with Crippen molar-refractivity contribution in [1.82, 2.24) is 4.31 Å². The maximum absolute atomic E-state index is 13.6. The van der Waals surface area contributed by atoms with Gasteiger partial charge in [-0.1, -0.05) is 6.58 Å². The molecule has 6 nitrogen and oxygen atoms in total. The third-order valence-corrected chi connectivity index (χ3v) is 3.53. The van der Waals surface area contributed by atoms with Gasteiger partial charge in [-0.3, -0.25) is 4.55 Å². The van der Waals surface area contributed by atoms with E-state index < -0.39 is 51.2 Å². The molecule has 0 aromatic rings. The number of esters is 1. The molecule has 0 amide bonds. The number of ether oxygens (including phenoxy) is 1. The molecule has 0 aliphatic heterocycles. The van der Waals surface area contributed by atoms with Crippen molar-refractivity contribution in [3.05, 3.63) is 12.7 Å². The Kier molecular flexibility index (Phi) is 6.20. The van der Waals surface area contributed by atoms with E-state index in [4.69, 9.17) is 4.55 Å². The van der Waals surface area contributed by atoms with E-state index in [0.717, 1.165) is 0 Å². The molecule has 0 radical (unpaired) electrons. The van der Waals surface area contributed by atoms with Gasteiger partial charge in [0, 0.05) is 13.1 Å². The molecule has 1 unspecified atom stereocenters. The Morgan fingerprint density at radius 3 is 2.00 bits per heavy atom. The van der Waals surface area contributed by atoms with Crippen LogP contribution in [0.1, 0.15) is 0 Å². The molecular formula is C9H10F7NO5S. The molecule has 0 aromatic carbocycles. The van der Waals surface area contributed by atoms with Gasteiger partial charge in [-0.05, 0) is 0 Å². The Bertz CT molecular complexity index is 559. The maximum atomic E-state index is 13.6. The van der Waals surface area contributed by atoms with Crippen LogP contribution in [-0.4, -0.2) is 61.0 Å². The molecule has 0 saturated carbocycles. The maximum Gasteiger partial charge on any atom is 0.459 e. The van der Waals surface area contributed by atoms with Crippen LogP contribution in [0.3, 0.4) is 0 Å². The monoisotopic (exact) mass is 377 g/mol. The smallest absolute Gasteiger partial charge is 0.459 e. The zero-order valence-electron chi connectivity index (χ0n) is 11.2. The van der Waals surface area contributed by atoms with Crippen LogP contribution in [0.4, 0.5) is 30.7 Å². The molecule has 1 N–H and O–H groups in total. The lowest BCUT2D eigenvalue weighted by molar-refractivity contribution is -0.364. The highest BCUT2D eigenvalue weighted by Gasteiger charge is 2.76. The summed E-state index contributed by atoms with van der Waals surface area (Å²) in [5.41, 5.74) is 0. The topological polar surface area (TPSA) is 83.9 Å². The minimum absolute atomic E-state index is 0.0993. The highest BCUT2D eigenvalue weighted by molar-refractivity contribution is 7.83. The number of hydrogen-bond donors (Lipinski definition) is 1. The second-order valence-corrected chi connectivity index (χ2v) is 5.51. The van der Waals surface area contributed by atoms with Crippen LogP contribution in [0, 0.1) is 0 Å². The molecule has 136 valence electrons. The van der Waals surface area contributed by atoms with Crippen LogP contribution in [0.5, 0.6) is 0 Å². The van der Waals surface area contributed by atoms with Crippen molar-refractivity contribution in [2.24, 2.45) is 0 Å². The van der Waals surface area contributed by atoms with E-state index in [1.807, 2.05) is 0 Å². The number of alkyl halides is 7. The summed E-state index contributed by atoms with van der Waals surface area (Å²) in [7, 11) is -5.51. The fourth-order valence-electron chi connectivity index (χ4n) is 1.22. The predicted octanol–water partition coefficient (Wildman–Crippen LogP) is 1.65. The molecular weight excluding hydrogens is 367 g/mol. The molecule has 0 saturated heterocycles. The SMILES string of the molecule is C=CC(=O)OCC(N(C)S(=O)(=O)O)C(F)(F)C(F)(F)C(F)(F)F. The van der Waals surface area contributed by atoms with Gasteiger partial charge in [0.05, 0.1) is 0 Å². The lowest BCUT2D eigenvalue weighted by Gasteiger charge is -2.36. The van der Waals surface area contributed by atoms with Gasteiger partial charge in [0.15, 0.2) is 0 Å². The summed E-state index contributed by atoms with van der Waals surface area (Å²) in [5, 5.41) is 0. The van der Waals surface area contributed by atoms with Gasteiger partial charge in [-0.25, -0.2) is 4.79 Å². The summed E-state index contributed by atoms with van der Waals surface area (Å²) in [6.45, 7) is 0.908. The first kappa shape index (κ1) is 21.6. The zero-order chi connectivity index (χ0) is 18.9. The second kappa shape index (κ2) is 6.60. The minimum Gasteiger partial charge on any atom is -0.461 e. The van der Waals surface area contributed by atoms with E-state index in [1.54, 1.807) is 0 Å². The summed E-state index contributed by atoms with van der Waals surface area (Å²) in [5.74, 6) is -14.2. The molecule has 0 bridgehead atoms. The number of nitrogens with zero attached hydrogens (tertiary/aromatic N) is 1. The third-order valence-electron chi connectivity index (χ3n) is 2.55. The van der Waals surface area contributed by atoms with Gasteiger partial charge >= 0.3 is 34.3 Å². The lowest BCUT2D eigenvalue weighted by Crippen LogP contribution is -2.63. The number of hydrogen-bond acceptors (Lipinski definition) is 4. The van der Waals surface area contributed by atoms with Crippen molar-refractivity contribution in [2.75, 3.05) is 13.7 Å². The van der Waals surface area contributed by atoms with Crippen LogP contribution >= 0.6 is 0 Å². The molecule has 0 spiro atoms. The first-order valence-electron chi connectivity index (χ1n) is 5.32. The molecule has 0 heterocycles. The van der Waals surface area contributed by atoms with Crippen molar-refractivity contribution in [2.45, 2.75) is 24.1 Å². The van der Waals surface area contributed by atoms with Crippen molar-refractivity contribution < 1.29 is 53.2 Å². The number of rotatable bonds is 7. The second-order valence-electron chi connectivity index (χ2n) is 4.04. The van der Waals surface area contributed by atoms with E-state index in [1.165, 1.54) is 0 Å². The first-order valence-corrected chi connectivity index (χ1v) is 6.71. The molecule has 0 aliphatic carbocycles. The van der Waals surface area contributed by atoms with Gasteiger partial charge in [0.2, 0.25) is 0 Å². The number of carbonyl (C=O) groups is 1. The standard InChI is InChI=1S/C9H10F7NO5S/c1-3-6(18)22-4-5(17(2)23(19,20)21)7(10,11)8(12,13)9(14,15)16/h3,5H,1,4H2,2H3,(H,19,20,21). The number of carbonyl (C=O) groups excluding carboxylic acids is 1. The van der Waals surface area contributed by atoms with Crippen LogP contribution in [-0.2, 0) is 19.8 Å². The summed E-state index contributed by atoms with van der Waals surface area (Å²) in [6.07, 6.45) is -6.37. The van der Waals surface area contributed by atoms with Crippen LogP contribution in [0.2, 0.25) is 0 Å². The normalized spacial score (nSPS) is 15.4. The van der Waals surface area contributed by atoms with Crippen molar-refractivity contribution in [1.29, 1.82) is 0 Å².